The molecular formula is C28H42N4O2. The second-order valence-corrected chi connectivity index (χ2v) is 11.0. The molecule has 1 aromatic rings. The van der Waals surface area contributed by atoms with Crippen LogP contribution in [0.3, 0.4) is 0 Å². The fraction of sp³-hybridized carbons (Fsp3) is 0.607. The van der Waals surface area contributed by atoms with Gasteiger partial charge in [-0.1, -0.05) is 30.7 Å². The molecule has 1 saturated carbocycles. The molecule has 1 heterocycles. The molecule has 186 valence electrons. The molecule has 5 unspecified atom stereocenters. The molecule has 1 saturated heterocycles. The first kappa shape index (κ1) is 24.8. The largest absolute Gasteiger partial charge is 0.505 e. The summed E-state index contributed by atoms with van der Waals surface area (Å²) in [6.07, 6.45) is 7.11. The van der Waals surface area contributed by atoms with Gasteiger partial charge in [0, 0.05) is 17.5 Å². The number of aromatic hydroxyl groups is 1. The van der Waals surface area contributed by atoms with E-state index in [1.165, 1.54) is 5.57 Å². The summed E-state index contributed by atoms with van der Waals surface area (Å²) in [7, 11) is 2.15. The van der Waals surface area contributed by atoms with Crippen molar-refractivity contribution >= 4 is 11.4 Å². The highest BCUT2D eigenvalue weighted by atomic mass is 16.3. The molecule has 6 nitrogen and oxygen atoms in total. The van der Waals surface area contributed by atoms with Crippen LogP contribution in [0.25, 0.3) is 0 Å². The van der Waals surface area contributed by atoms with Crippen molar-refractivity contribution < 1.29 is 10.2 Å². The van der Waals surface area contributed by atoms with Gasteiger partial charge in [-0.05, 0) is 102 Å². The van der Waals surface area contributed by atoms with Gasteiger partial charge in [-0.25, -0.2) is 0 Å². The third-order valence-electron chi connectivity index (χ3n) is 8.63. The van der Waals surface area contributed by atoms with Gasteiger partial charge in [-0.2, -0.15) is 0 Å². The van der Waals surface area contributed by atoms with E-state index in [0.717, 1.165) is 55.7 Å². The van der Waals surface area contributed by atoms with Crippen LogP contribution in [-0.4, -0.2) is 53.2 Å². The summed E-state index contributed by atoms with van der Waals surface area (Å²) in [5, 5.41) is 37.6. The lowest BCUT2D eigenvalue weighted by atomic mass is 9.88. The number of nitrogens with one attached hydrogen (secondary N) is 3. The zero-order valence-electron chi connectivity index (χ0n) is 21.4. The highest BCUT2D eigenvalue weighted by Crippen LogP contribution is 2.58. The third-order valence-corrected chi connectivity index (χ3v) is 8.63. The zero-order chi connectivity index (χ0) is 24.6. The number of hydrogen-bond acceptors (Lipinski definition) is 6. The number of nitrogens with zero attached hydrogens (tertiary/aromatic N) is 1. The average Bonchev–Trinajstić information content (AvgIpc) is 3.56. The number of anilines is 1. The van der Waals surface area contributed by atoms with E-state index in [0.29, 0.717) is 23.3 Å². The minimum Gasteiger partial charge on any atom is -0.505 e. The summed E-state index contributed by atoms with van der Waals surface area (Å²) in [6, 6.07) is 6.01. The lowest BCUT2D eigenvalue weighted by Crippen LogP contribution is -2.43. The number of allylic oxidation sites excluding steroid dienone is 4. The smallest absolute Gasteiger partial charge is 0.142 e. The van der Waals surface area contributed by atoms with Crippen LogP contribution < -0.4 is 10.6 Å². The van der Waals surface area contributed by atoms with Crippen molar-refractivity contribution in [1.29, 1.82) is 5.41 Å². The average molecular weight is 467 g/mol. The number of likely N-dealkylation sites (tertiary alicyclic amines) is 1. The Bertz CT molecular complexity index is 979. The van der Waals surface area contributed by atoms with Crippen LogP contribution in [-0.2, 0) is 0 Å². The van der Waals surface area contributed by atoms with Gasteiger partial charge in [0.25, 0.3) is 0 Å². The van der Waals surface area contributed by atoms with E-state index in [2.05, 4.69) is 55.5 Å². The Hall–Kier alpha value is -2.31. The number of phenolic OH excluding ortho intramolecular Hbond substituents is 1. The fourth-order valence-electron chi connectivity index (χ4n) is 5.92. The van der Waals surface area contributed by atoms with Gasteiger partial charge in [0.1, 0.15) is 12.0 Å². The molecule has 34 heavy (non-hydrogen) atoms. The van der Waals surface area contributed by atoms with Gasteiger partial charge in [0.15, 0.2) is 0 Å². The van der Waals surface area contributed by atoms with E-state index in [4.69, 9.17) is 5.41 Å². The van der Waals surface area contributed by atoms with E-state index in [-0.39, 0.29) is 12.0 Å². The first-order valence-corrected chi connectivity index (χ1v) is 12.8. The number of rotatable bonds is 8. The fourth-order valence-corrected chi connectivity index (χ4v) is 5.92. The van der Waals surface area contributed by atoms with E-state index < -0.39 is 11.6 Å². The minimum atomic E-state index is -0.802. The molecule has 5 N–H and O–H groups in total. The molecule has 1 aliphatic heterocycles. The van der Waals surface area contributed by atoms with Gasteiger partial charge >= 0.3 is 0 Å². The topological polar surface area (TPSA) is 91.6 Å². The highest BCUT2D eigenvalue weighted by Gasteiger charge is 2.62. The van der Waals surface area contributed by atoms with Crippen LogP contribution in [0.4, 0.5) is 5.69 Å². The van der Waals surface area contributed by atoms with Crippen LogP contribution in [0.1, 0.15) is 64.9 Å². The summed E-state index contributed by atoms with van der Waals surface area (Å²) in [6.45, 7) is 10.3. The number of para-hydroxylation sites is 1. The maximum absolute atomic E-state index is 11.2. The number of hydrogen-bond donors (Lipinski definition) is 5. The normalized spacial score (nSPS) is 29.6. The van der Waals surface area contributed by atoms with E-state index in [1.54, 1.807) is 6.92 Å². The van der Waals surface area contributed by atoms with Crippen molar-refractivity contribution in [2.24, 2.45) is 17.3 Å². The number of aliphatic hydroxyl groups is 1. The summed E-state index contributed by atoms with van der Waals surface area (Å²) < 4.78 is 0. The number of benzene rings is 1. The molecule has 3 aliphatic rings. The van der Waals surface area contributed by atoms with Crippen LogP contribution in [0.2, 0.25) is 0 Å². The summed E-state index contributed by atoms with van der Waals surface area (Å²) >= 11 is 0. The van der Waals surface area contributed by atoms with Crippen LogP contribution in [0.5, 0.6) is 5.75 Å². The molecule has 2 fully saturated rings. The molecule has 1 aromatic carbocycles. The van der Waals surface area contributed by atoms with E-state index in [9.17, 15) is 10.2 Å². The first-order chi connectivity index (χ1) is 16.1. The predicted octanol–water partition coefficient (Wildman–Crippen LogP) is 4.83. The Kier molecular flexibility index (Phi) is 7.11. The SMILES string of the molecule is CC(=N)C1(C(O)NC2=CC=C(C)C(C)C2)CC1C(C)Nc1cccc(C2CCN(C)CC2)c1O. The summed E-state index contributed by atoms with van der Waals surface area (Å²) in [5.74, 6) is 1.29. The van der Waals surface area contributed by atoms with Gasteiger partial charge in [-0.3, -0.25) is 0 Å². The van der Waals surface area contributed by atoms with Crippen molar-refractivity contribution in [3.63, 3.8) is 0 Å². The Balaban J connectivity index is 1.45. The maximum Gasteiger partial charge on any atom is 0.142 e. The van der Waals surface area contributed by atoms with Gasteiger partial charge in [0.05, 0.1) is 11.1 Å². The van der Waals surface area contributed by atoms with Crippen molar-refractivity contribution in [2.75, 3.05) is 25.5 Å². The second-order valence-electron chi connectivity index (χ2n) is 11.0. The molecule has 0 bridgehead atoms. The van der Waals surface area contributed by atoms with Gasteiger partial charge in [0.2, 0.25) is 0 Å². The number of phenols is 1. The molecular weight excluding hydrogens is 424 g/mol. The monoisotopic (exact) mass is 466 g/mol. The summed E-state index contributed by atoms with van der Waals surface area (Å²) in [5.41, 5.74) is 4.07. The van der Waals surface area contributed by atoms with E-state index >= 15 is 0 Å². The van der Waals surface area contributed by atoms with Crippen molar-refractivity contribution in [3.8, 4) is 5.75 Å². The zero-order valence-corrected chi connectivity index (χ0v) is 21.4. The lowest BCUT2D eigenvalue weighted by molar-refractivity contribution is 0.0912. The number of aliphatic hydroxyl groups excluding tert-OH is 1. The van der Waals surface area contributed by atoms with Crippen molar-refractivity contribution in [1.82, 2.24) is 10.2 Å². The molecule has 5 atom stereocenters. The van der Waals surface area contributed by atoms with Crippen LogP contribution in [0.15, 0.2) is 41.6 Å². The third kappa shape index (κ3) is 4.76. The Morgan fingerprint density at radius 1 is 1.21 bits per heavy atom. The van der Waals surface area contributed by atoms with Gasteiger partial charge in [-0.15, -0.1) is 0 Å². The summed E-state index contributed by atoms with van der Waals surface area (Å²) in [4.78, 5) is 2.34. The van der Waals surface area contributed by atoms with Crippen LogP contribution in [0, 0.1) is 22.7 Å². The van der Waals surface area contributed by atoms with Crippen molar-refractivity contribution in [2.45, 2.75) is 71.6 Å². The lowest BCUT2D eigenvalue weighted by Gasteiger charge is -2.31. The molecule has 4 rings (SSSR count). The van der Waals surface area contributed by atoms with E-state index in [1.807, 2.05) is 18.2 Å². The molecule has 6 heteroatoms. The Morgan fingerprint density at radius 3 is 2.56 bits per heavy atom. The minimum absolute atomic E-state index is 0.0109. The molecule has 0 aromatic heterocycles. The molecule has 0 amide bonds. The predicted molar refractivity (Wildman–Crippen MR) is 139 cm³/mol. The Morgan fingerprint density at radius 2 is 1.91 bits per heavy atom. The molecule has 2 aliphatic carbocycles. The second kappa shape index (κ2) is 9.74. The van der Waals surface area contributed by atoms with Crippen LogP contribution >= 0.6 is 0 Å². The number of piperidine rings is 1. The quantitative estimate of drug-likeness (QED) is 0.215. The van der Waals surface area contributed by atoms with Crippen molar-refractivity contribution in [3.05, 3.63) is 47.2 Å². The Labute approximate surface area is 204 Å². The first-order valence-electron chi connectivity index (χ1n) is 12.8. The van der Waals surface area contributed by atoms with Gasteiger partial charge < -0.3 is 31.2 Å². The standard InChI is InChI=1S/C28H42N4O2/c1-17-9-10-22(15-18(17)2)31-27(34)28(20(4)29)16-24(28)19(3)30-25-8-6-7-23(26(25)33)21-11-13-32(5)14-12-21/h6-10,18-19,21,24,27,29-31,33-34H,11-16H2,1-5H3. The molecule has 0 radical (unpaired) electrons. The highest BCUT2D eigenvalue weighted by molar-refractivity contribution is 5.89. The maximum atomic E-state index is 11.2. The molecule has 0 spiro atoms.